The number of nitrogens with one attached hydrogen (secondary N) is 1. The molecule has 0 bridgehead atoms. The van der Waals surface area contributed by atoms with E-state index in [2.05, 4.69) is 20.7 Å². The summed E-state index contributed by atoms with van der Waals surface area (Å²) in [6.45, 7) is 2.08. The fourth-order valence-corrected chi connectivity index (χ4v) is 4.09. The Kier molecular flexibility index (Phi) is 4.48. The van der Waals surface area contributed by atoms with Crippen LogP contribution < -0.4 is 10.5 Å². The second-order valence-corrected chi connectivity index (χ2v) is 7.54. The quantitative estimate of drug-likeness (QED) is 0.803. The number of halogens is 2. The highest BCUT2D eigenvalue weighted by Crippen LogP contribution is 2.26. The van der Waals surface area contributed by atoms with Crippen molar-refractivity contribution in [3.63, 3.8) is 0 Å². The molecule has 0 radical (unpaired) electrons. The van der Waals surface area contributed by atoms with E-state index in [9.17, 15) is 12.8 Å². The molecule has 1 aromatic heterocycles. The van der Waals surface area contributed by atoms with Crippen LogP contribution in [0.5, 0.6) is 0 Å². The van der Waals surface area contributed by atoms with Crippen LogP contribution in [0.1, 0.15) is 11.1 Å². The maximum Gasteiger partial charge on any atom is 0.242 e. The Labute approximate surface area is 129 Å². The first-order chi connectivity index (χ1) is 9.31. The van der Waals surface area contributed by atoms with Gasteiger partial charge in [0.1, 0.15) is 10.7 Å². The molecule has 0 spiro atoms. The van der Waals surface area contributed by atoms with Crippen LogP contribution in [0.4, 0.5) is 10.1 Å². The Morgan fingerprint density at radius 1 is 1.40 bits per heavy atom. The predicted octanol–water partition coefficient (Wildman–Crippen LogP) is 3.02. The van der Waals surface area contributed by atoms with Crippen molar-refractivity contribution in [2.24, 2.45) is 0 Å². The van der Waals surface area contributed by atoms with Gasteiger partial charge in [-0.3, -0.25) is 0 Å². The number of rotatable bonds is 4. The molecule has 0 saturated carbocycles. The number of sulfonamides is 1. The van der Waals surface area contributed by atoms with E-state index >= 15 is 0 Å². The van der Waals surface area contributed by atoms with Crippen molar-refractivity contribution in [1.29, 1.82) is 0 Å². The number of hydrogen-bond donors (Lipinski definition) is 2. The predicted molar refractivity (Wildman–Crippen MR) is 81.6 cm³/mol. The van der Waals surface area contributed by atoms with Gasteiger partial charge in [0.05, 0.1) is 10.2 Å². The van der Waals surface area contributed by atoms with Crippen molar-refractivity contribution in [1.82, 2.24) is 4.72 Å². The monoisotopic (exact) mass is 378 g/mol. The molecule has 108 valence electrons. The number of aryl methyl sites for hydroxylation is 1. The second-order valence-electron chi connectivity index (χ2n) is 4.21. The molecule has 0 unspecified atom stereocenters. The van der Waals surface area contributed by atoms with Crippen LogP contribution in [-0.2, 0) is 16.6 Å². The molecule has 4 nitrogen and oxygen atoms in total. The molecular weight excluding hydrogens is 367 g/mol. The topological polar surface area (TPSA) is 72.2 Å². The van der Waals surface area contributed by atoms with Gasteiger partial charge in [-0.25, -0.2) is 17.5 Å². The Hall–Kier alpha value is -0.960. The first-order valence-electron chi connectivity index (χ1n) is 5.57. The lowest BCUT2D eigenvalue weighted by molar-refractivity contribution is 0.580. The molecule has 3 N–H and O–H groups in total. The van der Waals surface area contributed by atoms with E-state index in [0.717, 1.165) is 23.3 Å². The molecule has 8 heteroatoms. The summed E-state index contributed by atoms with van der Waals surface area (Å²) in [6.07, 6.45) is 0. The number of nitrogens with two attached hydrogens (primary N) is 1. The summed E-state index contributed by atoms with van der Waals surface area (Å²) < 4.78 is 40.2. The Morgan fingerprint density at radius 3 is 2.70 bits per heavy atom. The third-order valence-corrected chi connectivity index (χ3v) is 5.73. The zero-order valence-corrected chi connectivity index (χ0v) is 13.7. The fourth-order valence-electron chi connectivity index (χ4n) is 1.60. The van der Waals surface area contributed by atoms with Crippen LogP contribution in [0.15, 0.2) is 32.3 Å². The van der Waals surface area contributed by atoms with Crippen LogP contribution in [0.25, 0.3) is 0 Å². The van der Waals surface area contributed by atoms with Crippen molar-refractivity contribution < 1.29 is 12.8 Å². The van der Waals surface area contributed by atoms with Gasteiger partial charge in [0.2, 0.25) is 10.0 Å². The van der Waals surface area contributed by atoms with E-state index in [4.69, 9.17) is 5.73 Å². The Balaban J connectivity index is 2.27. The van der Waals surface area contributed by atoms with Gasteiger partial charge in [0, 0.05) is 6.54 Å². The van der Waals surface area contributed by atoms with Crippen LogP contribution in [0.3, 0.4) is 0 Å². The lowest BCUT2D eigenvalue weighted by atomic mass is 10.2. The molecule has 1 aromatic carbocycles. The third-order valence-electron chi connectivity index (χ3n) is 2.76. The van der Waals surface area contributed by atoms with Crippen molar-refractivity contribution in [2.75, 3.05) is 5.73 Å². The van der Waals surface area contributed by atoms with Gasteiger partial charge in [0.15, 0.2) is 0 Å². The Morgan fingerprint density at radius 2 is 2.10 bits per heavy atom. The van der Waals surface area contributed by atoms with E-state index in [1.807, 2.05) is 17.7 Å². The van der Waals surface area contributed by atoms with Gasteiger partial charge in [-0.1, -0.05) is 0 Å². The van der Waals surface area contributed by atoms with Gasteiger partial charge in [0.25, 0.3) is 0 Å². The van der Waals surface area contributed by atoms with Crippen LogP contribution >= 0.6 is 27.3 Å². The zero-order valence-electron chi connectivity index (χ0n) is 10.5. The van der Waals surface area contributed by atoms with Crippen molar-refractivity contribution in [3.8, 4) is 0 Å². The fraction of sp³-hybridized carbons (Fsp3) is 0.167. The van der Waals surface area contributed by atoms with E-state index in [1.54, 1.807) is 0 Å². The van der Waals surface area contributed by atoms with E-state index in [-0.39, 0.29) is 21.6 Å². The summed E-state index contributed by atoms with van der Waals surface area (Å²) in [5.74, 6) is -0.602. The van der Waals surface area contributed by atoms with Gasteiger partial charge in [-0.2, -0.15) is 11.3 Å². The molecular formula is C12H12BrFN2O2S2. The summed E-state index contributed by atoms with van der Waals surface area (Å²) in [7, 11) is -3.79. The summed E-state index contributed by atoms with van der Waals surface area (Å²) in [6, 6.07) is 2.14. The average Bonchev–Trinajstić information content (AvgIpc) is 2.77. The normalized spacial score (nSPS) is 11.8. The number of anilines is 1. The minimum Gasteiger partial charge on any atom is -0.398 e. The molecule has 0 atom stereocenters. The smallest absolute Gasteiger partial charge is 0.242 e. The lowest BCUT2D eigenvalue weighted by Crippen LogP contribution is -2.24. The highest BCUT2D eigenvalue weighted by atomic mass is 79.9. The van der Waals surface area contributed by atoms with Crippen LogP contribution in [0.2, 0.25) is 0 Å². The molecule has 1 heterocycles. The van der Waals surface area contributed by atoms with Gasteiger partial charge >= 0.3 is 0 Å². The maximum atomic E-state index is 13.3. The number of benzene rings is 1. The average molecular weight is 379 g/mol. The summed E-state index contributed by atoms with van der Waals surface area (Å²) >= 11 is 4.46. The minimum atomic E-state index is -3.79. The minimum absolute atomic E-state index is 0.0544. The molecule has 0 aliphatic carbocycles. The SMILES string of the molecule is Cc1cscc1CNS(=O)(=O)c1cc(Br)c(F)cc1N. The van der Waals surface area contributed by atoms with Gasteiger partial charge in [-0.15, -0.1) is 0 Å². The number of nitrogen functional groups attached to an aromatic ring is 1. The maximum absolute atomic E-state index is 13.3. The van der Waals surface area contributed by atoms with Gasteiger partial charge < -0.3 is 5.73 Å². The van der Waals surface area contributed by atoms with Crippen molar-refractivity contribution >= 4 is 43.0 Å². The van der Waals surface area contributed by atoms with E-state index < -0.39 is 15.8 Å². The van der Waals surface area contributed by atoms with Gasteiger partial charge in [-0.05, 0) is 56.9 Å². The van der Waals surface area contributed by atoms with Crippen molar-refractivity contribution in [2.45, 2.75) is 18.4 Å². The molecule has 20 heavy (non-hydrogen) atoms. The molecule has 2 rings (SSSR count). The highest BCUT2D eigenvalue weighted by molar-refractivity contribution is 9.10. The zero-order chi connectivity index (χ0) is 14.9. The third kappa shape index (κ3) is 3.20. The Bertz CT molecular complexity index is 744. The molecule has 0 aliphatic heterocycles. The number of thiophene rings is 1. The second kappa shape index (κ2) is 5.80. The molecule has 0 fully saturated rings. The summed E-state index contributed by atoms with van der Waals surface area (Å²) in [5.41, 5.74) is 7.37. The molecule has 0 aliphatic rings. The number of hydrogen-bond acceptors (Lipinski definition) is 4. The summed E-state index contributed by atoms with van der Waals surface area (Å²) in [4.78, 5) is -0.140. The largest absolute Gasteiger partial charge is 0.398 e. The molecule has 0 amide bonds. The molecule has 2 aromatic rings. The first-order valence-corrected chi connectivity index (χ1v) is 8.79. The van der Waals surface area contributed by atoms with Crippen molar-refractivity contribution in [3.05, 3.63) is 44.3 Å². The first kappa shape index (κ1) is 15.4. The molecule has 0 saturated heterocycles. The van der Waals surface area contributed by atoms with Crippen LogP contribution in [0, 0.1) is 12.7 Å². The summed E-state index contributed by atoms with van der Waals surface area (Å²) in [5, 5.41) is 3.81. The highest BCUT2D eigenvalue weighted by Gasteiger charge is 2.19. The standard InChI is InChI=1S/C12H12BrFN2O2S2/c1-7-5-19-6-8(7)4-16-20(17,18)12-2-9(13)10(14)3-11(12)15/h2-3,5-6,16H,4,15H2,1H3. The van der Waals surface area contributed by atoms with Crippen LogP contribution in [-0.4, -0.2) is 8.42 Å². The van der Waals surface area contributed by atoms with E-state index in [0.29, 0.717) is 0 Å². The van der Waals surface area contributed by atoms with E-state index in [1.165, 1.54) is 11.3 Å². The lowest BCUT2D eigenvalue weighted by Gasteiger charge is -2.10.